The number of carbonyl (C=O) groups is 3. The fourth-order valence-corrected chi connectivity index (χ4v) is 5.76. The molecule has 0 radical (unpaired) electrons. The van der Waals surface area contributed by atoms with Crippen LogP contribution in [0, 0.1) is 11.3 Å². The second-order valence-corrected chi connectivity index (χ2v) is 9.47. The summed E-state index contributed by atoms with van der Waals surface area (Å²) in [6, 6.07) is 0. The van der Waals surface area contributed by atoms with Crippen LogP contribution in [0.5, 0.6) is 17.2 Å². The van der Waals surface area contributed by atoms with Gasteiger partial charge in [0.1, 0.15) is 11.9 Å². The van der Waals surface area contributed by atoms with E-state index in [9.17, 15) is 34.8 Å². The topological polar surface area (TPSA) is 141 Å². The minimum Gasteiger partial charge on any atom is -0.507 e. The van der Waals surface area contributed by atoms with Crippen LogP contribution in [0.25, 0.3) is 0 Å². The smallest absolute Gasteiger partial charge is 0.302 e. The third-order valence-corrected chi connectivity index (χ3v) is 6.67. The number of benzene rings is 1. The second-order valence-electron chi connectivity index (χ2n) is 9.47. The fraction of sp³-hybridized carbons (Fsp3) is 0.591. The zero-order valence-corrected chi connectivity index (χ0v) is 17.8. The third-order valence-electron chi connectivity index (χ3n) is 6.67. The number of rotatable bonds is 3. The van der Waals surface area contributed by atoms with Crippen LogP contribution in [0.15, 0.2) is 0 Å². The number of Topliss-reactive ketones (excluding diaryl/α,β-unsaturated/α-hetero) is 2. The molecule has 1 aromatic carbocycles. The van der Waals surface area contributed by atoms with E-state index in [0.717, 1.165) is 0 Å². The van der Waals surface area contributed by atoms with Gasteiger partial charge in [-0.2, -0.15) is 0 Å². The summed E-state index contributed by atoms with van der Waals surface area (Å²) in [6.07, 6.45) is -0.0968. The molecular formula is C22H28O8. The Hall–Kier alpha value is -2.61. The number of ketones is 2. The van der Waals surface area contributed by atoms with E-state index in [1.165, 1.54) is 13.8 Å². The molecular weight excluding hydrogens is 392 g/mol. The average Bonchev–Trinajstić information content (AvgIpc) is 2.60. The van der Waals surface area contributed by atoms with Crippen molar-refractivity contribution < 1.29 is 39.5 Å². The SMILES string of the molecule is CC(=O)O[C@@H]1CC(C)(C)[C@H]2C(=O)C(=O)c3c(O)c([C@H](C)CO)c(O)c(O)c3[C@@]2(C)C1. The lowest BCUT2D eigenvalue weighted by atomic mass is 9.48. The molecule has 1 saturated carbocycles. The highest BCUT2D eigenvalue weighted by Crippen LogP contribution is 2.61. The Kier molecular flexibility index (Phi) is 5.13. The van der Waals surface area contributed by atoms with Gasteiger partial charge in [0.05, 0.1) is 5.56 Å². The van der Waals surface area contributed by atoms with Crippen molar-refractivity contribution in [1.82, 2.24) is 0 Å². The summed E-state index contributed by atoms with van der Waals surface area (Å²) in [4.78, 5) is 37.8. The maximum Gasteiger partial charge on any atom is 0.302 e. The number of hydrogen-bond acceptors (Lipinski definition) is 8. The van der Waals surface area contributed by atoms with Crippen LogP contribution >= 0.6 is 0 Å². The van der Waals surface area contributed by atoms with Crippen LogP contribution in [-0.2, 0) is 19.7 Å². The predicted molar refractivity (Wildman–Crippen MR) is 106 cm³/mol. The van der Waals surface area contributed by atoms with E-state index in [1.54, 1.807) is 20.8 Å². The highest BCUT2D eigenvalue weighted by Gasteiger charge is 2.61. The molecule has 0 bridgehead atoms. The number of phenols is 3. The molecule has 30 heavy (non-hydrogen) atoms. The number of esters is 1. The number of phenolic OH excluding ortho intramolecular Hbond substituents is 3. The van der Waals surface area contributed by atoms with Crippen LogP contribution in [0.4, 0.5) is 0 Å². The maximum atomic E-state index is 13.2. The summed E-state index contributed by atoms with van der Waals surface area (Å²) in [5.41, 5.74) is -2.51. The van der Waals surface area contributed by atoms with Crippen molar-refractivity contribution in [3.05, 3.63) is 16.7 Å². The van der Waals surface area contributed by atoms with Crippen molar-refractivity contribution in [2.45, 2.75) is 64.9 Å². The third kappa shape index (κ3) is 2.96. The standard InChI is InChI=1S/C22H28O8/c1-9(8-23)12-15(25)13-14(18(28)16(12)26)22(5)7-11(30-10(2)24)6-21(3,4)20(22)19(29)17(13)27/h9,11,20,23,25-26,28H,6-8H2,1-5H3/t9-,11-,20-,22-/m1/s1. The molecule has 0 amide bonds. The molecule has 4 N–H and O–H groups in total. The normalized spacial score (nSPS) is 28.5. The molecule has 2 aliphatic rings. The van der Waals surface area contributed by atoms with E-state index in [0.29, 0.717) is 6.42 Å². The molecule has 0 unspecified atom stereocenters. The van der Waals surface area contributed by atoms with E-state index in [2.05, 4.69) is 0 Å². The minimum absolute atomic E-state index is 0.0223. The molecule has 2 aliphatic carbocycles. The van der Waals surface area contributed by atoms with Crippen molar-refractivity contribution in [1.29, 1.82) is 0 Å². The summed E-state index contributed by atoms with van der Waals surface area (Å²) in [7, 11) is 0. The number of fused-ring (bicyclic) bond motifs is 3. The summed E-state index contributed by atoms with van der Waals surface area (Å²) in [6.45, 7) is 7.58. The van der Waals surface area contributed by atoms with Crippen LogP contribution in [-0.4, -0.2) is 50.7 Å². The van der Waals surface area contributed by atoms with Gasteiger partial charge >= 0.3 is 5.97 Å². The van der Waals surface area contributed by atoms with Crippen molar-refractivity contribution in [2.75, 3.05) is 6.61 Å². The zero-order chi connectivity index (χ0) is 22.8. The molecule has 0 aliphatic heterocycles. The molecule has 8 nitrogen and oxygen atoms in total. The van der Waals surface area contributed by atoms with Gasteiger partial charge in [-0.3, -0.25) is 14.4 Å². The zero-order valence-electron chi connectivity index (χ0n) is 17.8. The van der Waals surface area contributed by atoms with Gasteiger partial charge in [0.2, 0.25) is 11.6 Å². The Morgan fingerprint density at radius 3 is 2.23 bits per heavy atom. The number of ether oxygens (including phenoxy) is 1. The molecule has 1 aromatic rings. The van der Waals surface area contributed by atoms with E-state index in [1.807, 2.05) is 0 Å². The Labute approximate surface area is 174 Å². The first-order chi connectivity index (χ1) is 13.8. The maximum absolute atomic E-state index is 13.2. The first-order valence-corrected chi connectivity index (χ1v) is 9.95. The number of aromatic hydroxyl groups is 3. The molecule has 0 aromatic heterocycles. The number of hydrogen-bond donors (Lipinski definition) is 4. The largest absolute Gasteiger partial charge is 0.507 e. The number of aliphatic hydroxyl groups excluding tert-OH is 1. The summed E-state index contributed by atoms with van der Waals surface area (Å²) < 4.78 is 5.42. The molecule has 0 heterocycles. The number of carbonyl (C=O) groups excluding carboxylic acids is 3. The van der Waals surface area contributed by atoms with Crippen LogP contribution in [0.3, 0.4) is 0 Å². The van der Waals surface area contributed by atoms with Gasteiger partial charge < -0.3 is 25.2 Å². The van der Waals surface area contributed by atoms with Crippen LogP contribution in [0.2, 0.25) is 0 Å². The fourth-order valence-electron chi connectivity index (χ4n) is 5.76. The molecule has 8 heteroatoms. The van der Waals surface area contributed by atoms with Crippen molar-refractivity contribution in [2.24, 2.45) is 11.3 Å². The lowest BCUT2D eigenvalue weighted by molar-refractivity contribution is -0.155. The summed E-state index contributed by atoms with van der Waals surface area (Å²) in [5.74, 6) is -5.61. The van der Waals surface area contributed by atoms with Gasteiger partial charge in [0, 0.05) is 41.9 Å². The molecule has 0 saturated heterocycles. The van der Waals surface area contributed by atoms with E-state index in [4.69, 9.17) is 4.74 Å². The van der Waals surface area contributed by atoms with E-state index < -0.39 is 70.2 Å². The van der Waals surface area contributed by atoms with Gasteiger partial charge in [0.15, 0.2) is 11.5 Å². The Morgan fingerprint density at radius 1 is 1.10 bits per heavy atom. The average molecular weight is 420 g/mol. The molecule has 3 rings (SSSR count). The van der Waals surface area contributed by atoms with Gasteiger partial charge in [-0.25, -0.2) is 0 Å². The Balaban J connectivity index is 2.35. The Morgan fingerprint density at radius 2 is 1.70 bits per heavy atom. The van der Waals surface area contributed by atoms with Gasteiger partial charge in [-0.15, -0.1) is 0 Å². The minimum atomic E-state index is -1.18. The summed E-state index contributed by atoms with van der Waals surface area (Å²) in [5, 5.41) is 41.9. The van der Waals surface area contributed by atoms with Crippen LogP contribution < -0.4 is 0 Å². The number of aliphatic hydroxyl groups is 1. The quantitative estimate of drug-likeness (QED) is 0.253. The Bertz CT molecular complexity index is 947. The van der Waals surface area contributed by atoms with Gasteiger partial charge in [-0.1, -0.05) is 27.7 Å². The van der Waals surface area contributed by atoms with Gasteiger partial charge in [0.25, 0.3) is 0 Å². The molecule has 0 spiro atoms. The highest BCUT2D eigenvalue weighted by molar-refractivity contribution is 6.47. The van der Waals surface area contributed by atoms with E-state index in [-0.39, 0.29) is 23.1 Å². The molecule has 164 valence electrons. The molecule has 4 atom stereocenters. The second kappa shape index (κ2) is 6.97. The van der Waals surface area contributed by atoms with Crippen molar-refractivity contribution in [3.63, 3.8) is 0 Å². The van der Waals surface area contributed by atoms with Crippen LogP contribution in [0.1, 0.15) is 74.9 Å². The van der Waals surface area contributed by atoms with Gasteiger partial charge in [-0.05, 0) is 18.3 Å². The monoisotopic (exact) mass is 420 g/mol. The lowest BCUT2D eigenvalue weighted by Crippen LogP contribution is -2.58. The summed E-state index contributed by atoms with van der Waals surface area (Å²) >= 11 is 0. The predicted octanol–water partition coefficient (Wildman–Crippen LogP) is 2.29. The van der Waals surface area contributed by atoms with Crippen molar-refractivity contribution >= 4 is 17.5 Å². The highest BCUT2D eigenvalue weighted by atomic mass is 16.5. The first-order valence-electron chi connectivity index (χ1n) is 9.95. The molecule has 1 fully saturated rings. The van der Waals surface area contributed by atoms with E-state index >= 15 is 0 Å². The lowest BCUT2D eigenvalue weighted by Gasteiger charge is -2.54. The van der Waals surface area contributed by atoms with Crippen molar-refractivity contribution in [3.8, 4) is 17.2 Å². The first kappa shape index (κ1) is 22.1.